The Hall–Kier alpha value is -2.47. The molecule has 0 radical (unpaired) electrons. The monoisotopic (exact) mass is 469 g/mol. The number of thioether (sulfide) groups is 1. The molecule has 0 saturated carbocycles. The molecule has 158 valence electrons. The molecule has 0 spiro atoms. The predicted molar refractivity (Wildman–Crippen MR) is 128 cm³/mol. The highest BCUT2D eigenvalue weighted by Crippen LogP contribution is 2.33. The van der Waals surface area contributed by atoms with Crippen molar-refractivity contribution in [3.63, 3.8) is 0 Å². The molecule has 4 nitrogen and oxygen atoms in total. The molecule has 4 rings (SSSR count). The summed E-state index contributed by atoms with van der Waals surface area (Å²) in [5, 5.41) is 11.1. The highest BCUT2D eigenvalue weighted by Gasteiger charge is 2.18. The van der Waals surface area contributed by atoms with Crippen LogP contribution in [0.5, 0.6) is 5.75 Å². The first kappa shape index (κ1) is 21.8. The number of aryl methyl sites for hydroxylation is 1. The lowest BCUT2D eigenvalue weighted by Crippen LogP contribution is -2.06. The second kappa shape index (κ2) is 10.2. The van der Waals surface area contributed by atoms with Crippen molar-refractivity contribution in [2.45, 2.75) is 23.9 Å². The van der Waals surface area contributed by atoms with Crippen LogP contribution in [-0.2, 0) is 18.7 Å². The zero-order valence-corrected chi connectivity index (χ0v) is 19.3. The van der Waals surface area contributed by atoms with Crippen molar-refractivity contribution < 1.29 is 4.74 Å². The van der Waals surface area contributed by atoms with Crippen LogP contribution in [0.3, 0.4) is 0 Å². The van der Waals surface area contributed by atoms with Gasteiger partial charge in [0, 0.05) is 22.3 Å². The molecule has 3 aromatic carbocycles. The van der Waals surface area contributed by atoms with Gasteiger partial charge in [-0.3, -0.25) is 0 Å². The standard InChI is InChI=1S/C24H21Cl2N3OS/c1-30-22-10-6-5-9-20(22)23-27-28-24(29(23)14-13-17-7-3-2-4-8-17)31-16-18-11-12-19(25)15-21(18)26/h2-12,15H,13-14,16H2,1H3. The van der Waals surface area contributed by atoms with Crippen molar-refractivity contribution in [2.24, 2.45) is 0 Å². The minimum atomic E-state index is 0.628. The van der Waals surface area contributed by atoms with E-state index in [1.54, 1.807) is 24.9 Å². The molecule has 0 amide bonds. The van der Waals surface area contributed by atoms with Crippen LogP contribution in [0.15, 0.2) is 78.0 Å². The van der Waals surface area contributed by atoms with Gasteiger partial charge in [-0.25, -0.2) is 0 Å². The summed E-state index contributed by atoms with van der Waals surface area (Å²) in [5.41, 5.74) is 3.19. The van der Waals surface area contributed by atoms with Crippen molar-refractivity contribution in [2.75, 3.05) is 7.11 Å². The molecule has 0 fully saturated rings. The summed E-state index contributed by atoms with van der Waals surface area (Å²) in [6, 6.07) is 23.8. The fourth-order valence-electron chi connectivity index (χ4n) is 3.29. The van der Waals surface area contributed by atoms with E-state index in [2.05, 4.69) is 39.0 Å². The van der Waals surface area contributed by atoms with E-state index in [1.165, 1.54) is 5.56 Å². The fourth-order valence-corrected chi connectivity index (χ4v) is 4.82. The van der Waals surface area contributed by atoms with Crippen LogP contribution in [0.2, 0.25) is 10.0 Å². The number of methoxy groups -OCH3 is 1. The Morgan fingerprint density at radius 2 is 1.71 bits per heavy atom. The van der Waals surface area contributed by atoms with E-state index in [0.29, 0.717) is 15.8 Å². The molecular formula is C24H21Cl2N3OS. The molecule has 0 N–H and O–H groups in total. The maximum atomic E-state index is 6.36. The Labute approximate surface area is 196 Å². The molecule has 0 aliphatic rings. The molecule has 0 aliphatic carbocycles. The van der Waals surface area contributed by atoms with Crippen LogP contribution in [0, 0.1) is 0 Å². The second-order valence-electron chi connectivity index (χ2n) is 6.92. The summed E-state index contributed by atoms with van der Waals surface area (Å²) in [5.74, 6) is 2.23. The van der Waals surface area contributed by atoms with Crippen molar-refractivity contribution in [3.8, 4) is 17.1 Å². The van der Waals surface area contributed by atoms with E-state index in [4.69, 9.17) is 27.9 Å². The van der Waals surface area contributed by atoms with E-state index in [1.807, 2.05) is 42.5 Å². The Kier molecular flexibility index (Phi) is 7.17. The van der Waals surface area contributed by atoms with Gasteiger partial charge in [0.25, 0.3) is 0 Å². The average molecular weight is 470 g/mol. The van der Waals surface area contributed by atoms with E-state index >= 15 is 0 Å². The molecule has 0 unspecified atom stereocenters. The average Bonchev–Trinajstić information content (AvgIpc) is 3.20. The lowest BCUT2D eigenvalue weighted by Gasteiger charge is -2.13. The molecule has 7 heteroatoms. The topological polar surface area (TPSA) is 39.9 Å². The van der Waals surface area contributed by atoms with E-state index in [9.17, 15) is 0 Å². The van der Waals surface area contributed by atoms with E-state index in [0.717, 1.165) is 40.8 Å². The first-order valence-corrected chi connectivity index (χ1v) is 11.6. The molecule has 0 bridgehead atoms. The molecule has 1 heterocycles. The minimum Gasteiger partial charge on any atom is -0.496 e. The third kappa shape index (κ3) is 5.24. The smallest absolute Gasteiger partial charge is 0.191 e. The van der Waals surface area contributed by atoms with Gasteiger partial charge >= 0.3 is 0 Å². The Bertz CT molecular complexity index is 1160. The van der Waals surface area contributed by atoms with E-state index in [-0.39, 0.29) is 0 Å². The predicted octanol–water partition coefficient (Wildman–Crippen LogP) is 6.80. The largest absolute Gasteiger partial charge is 0.496 e. The quantitative estimate of drug-likeness (QED) is 0.266. The molecule has 31 heavy (non-hydrogen) atoms. The number of rotatable bonds is 8. The number of halogens is 2. The van der Waals surface area contributed by atoms with Crippen molar-refractivity contribution in [1.82, 2.24) is 14.8 Å². The normalized spacial score (nSPS) is 10.9. The first-order valence-electron chi connectivity index (χ1n) is 9.83. The highest BCUT2D eigenvalue weighted by molar-refractivity contribution is 7.98. The molecule has 0 aliphatic heterocycles. The lowest BCUT2D eigenvalue weighted by molar-refractivity contribution is 0.415. The molecule has 4 aromatic rings. The summed E-state index contributed by atoms with van der Waals surface area (Å²) in [7, 11) is 1.67. The second-order valence-corrected chi connectivity index (χ2v) is 8.70. The van der Waals surface area contributed by atoms with Crippen LogP contribution in [0.25, 0.3) is 11.4 Å². The maximum absolute atomic E-state index is 6.36. The Morgan fingerprint density at radius 3 is 2.48 bits per heavy atom. The maximum Gasteiger partial charge on any atom is 0.191 e. The highest BCUT2D eigenvalue weighted by atomic mass is 35.5. The summed E-state index contributed by atoms with van der Waals surface area (Å²) in [6.07, 6.45) is 0.871. The Morgan fingerprint density at radius 1 is 0.935 bits per heavy atom. The zero-order valence-electron chi connectivity index (χ0n) is 17.0. The number of para-hydroxylation sites is 1. The van der Waals surface area contributed by atoms with Crippen molar-refractivity contribution in [3.05, 3.63) is 94.0 Å². The SMILES string of the molecule is COc1ccccc1-c1nnc(SCc2ccc(Cl)cc2Cl)n1CCc1ccccc1. The first-order chi connectivity index (χ1) is 15.2. The van der Waals surface area contributed by atoms with Gasteiger partial charge in [0.1, 0.15) is 5.75 Å². The molecule has 0 saturated heterocycles. The number of hydrogen-bond donors (Lipinski definition) is 0. The number of ether oxygens (including phenoxy) is 1. The van der Waals surface area contributed by atoms with Crippen molar-refractivity contribution >= 4 is 35.0 Å². The zero-order chi connectivity index (χ0) is 21.6. The number of benzene rings is 3. The summed E-state index contributed by atoms with van der Waals surface area (Å²) >= 11 is 14.0. The van der Waals surface area contributed by atoms with Gasteiger partial charge in [-0.05, 0) is 41.8 Å². The minimum absolute atomic E-state index is 0.628. The summed E-state index contributed by atoms with van der Waals surface area (Å²) < 4.78 is 7.72. The van der Waals surface area contributed by atoms with Crippen LogP contribution >= 0.6 is 35.0 Å². The van der Waals surface area contributed by atoms with Gasteiger partial charge in [-0.1, -0.05) is 83.5 Å². The molecule has 0 atom stereocenters. The number of aromatic nitrogens is 3. The van der Waals surface area contributed by atoms with Gasteiger partial charge < -0.3 is 9.30 Å². The summed E-state index contributed by atoms with van der Waals surface area (Å²) in [4.78, 5) is 0. The number of hydrogen-bond acceptors (Lipinski definition) is 4. The van der Waals surface area contributed by atoms with E-state index < -0.39 is 0 Å². The van der Waals surface area contributed by atoms with Gasteiger partial charge in [0.15, 0.2) is 11.0 Å². The van der Waals surface area contributed by atoms with Gasteiger partial charge in [-0.15, -0.1) is 10.2 Å². The third-order valence-electron chi connectivity index (χ3n) is 4.90. The van der Waals surface area contributed by atoms with Crippen LogP contribution in [0.4, 0.5) is 0 Å². The van der Waals surface area contributed by atoms with Crippen LogP contribution < -0.4 is 4.74 Å². The summed E-state index contributed by atoms with van der Waals surface area (Å²) in [6.45, 7) is 0.751. The Balaban J connectivity index is 1.64. The van der Waals surface area contributed by atoms with Gasteiger partial charge in [0.05, 0.1) is 12.7 Å². The number of nitrogens with zero attached hydrogens (tertiary/aromatic N) is 3. The molecular weight excluding hydrogens is 449 g/mol. The lowest BCUT2D eigenvalue weighted by atomic mass is 10.1. The molecule has 1 aromatic heterocycles. The van der Waals surface area contributed by atoms with Gasteiger partial charge in [0.2, 0.25) is 0 Å². The van der Waals surface area contributed by atoms with Gasteiger partial charge in [-0.2, -0.15) is 0 Å². The van der Waals surface area contributed by atoms with Crippen molar-refractivity contribution in [1.29, 1.82) is 0 Å². The third-order valence-corrected chi connectivity index (χ3v) is 6.51. The van der Waals surface area contributed by atoms with Crippen LogP contribution in [-0.4, -0.2) is 21.9 Å². The fraction of sp³-hybridized carbons (Fsp3) is 0.167. The van der Waals surface area contributed by atoms with Crippen LogP contribution in [0.1, 0.15) is 11.1 Å².